The average molecular weight is 227 g/mol. The number of H-pyrrole nitrogens is 1. The van der Waals surface area contributed by atoms with Crippen molar-refractivity contribution < 1.29 is 9.90 Å². The Balaban J connectivity index is 3.72. The van der Waals surface area contributed by atoms with E-state index in [0.717, 1.165) is 4.57 Å². The number of nitrogens with one attached hydrogen (secondary N) is 1. The van der Waals surface area contributed by atoms with Crippen molar-refractivity contribution in [2.75, 3.05) is 0 Å². The first-order chi connectivity index (χ1) is 7.19. The van der Waals surface area contributed by atoms with E-state index in [1.807, 2.05) is 4.98 Å². The number of rotatable bonds is 2. The molecule has 0 aliphatic heterocycles. The van der Waals surface area contributed by atoms with Crippen LogP contribution in [-0.2, 0) is 10.3 Å². The first kappa shape index (κ1) is 12.0. The fraction of sp³-hybridized carbons (Fsp3) is 0.444. The van der Waals surface area contributed by atoms with Crippen molar-refractivity contribution in [2.24, 2.45) is 5.73 Å². The van der Waals surface area contributed by atoms with Crippen molar-refractivity contribution in [3.05, 3.63) is 26.4 Å². The fourth-order valence-corrected chi connectivity index (χ4v) is 1.24. The molecule has 1 aromatic rings. The fourth-order valence-electron chi connectivity index (χ4n) is 1.24. The molecule has 7 nitrogen and oxygen atoms in total. The number of aromatic amines is 1. The van der Waals surface area contributed by atoms with E-state index in [1.165, 1.54) is 20.8 Å². The van der Waals surface area contributed by atoms with Gasteiger partial charge in [0.15, 0.2) is 0 Å². The van der Waals surface area contributed by atoms with Crippen molar-refractivity contribution in [1.29, 1.82) is 0 Å². The van der Waals surface area contributed by atoms with Crippen LogP contribution in [0.15, 0.2) is 9.59 Å². The quantitative estimate of drug-likeness (QED) is 0.586. The Morgan fingerprint density at radius 2 is 1.94 bits per heavy atom. The Morgan fingerprint density at radius 1 is 1.44 bits per heavy atom. The van der Waals surface area contributed by atoms with Crippen LogP contribution in [-0.4, -0.2) is 20.6 Å². The highest BCUT2D eigenvalue weighted by molar-refractivity contribution is 5.82. The lowest BCUT2D eigenvalue weighted by Crippen LogP contribution is -2.48. The van der Waals surface area contributed by atoms with E-state index in [0.29, 0.717) is 0 Å². The zero-order chi connectivity index (χ0) is 12.7. The number of hydrogen-bond acceptors (Lipinski definition) is 4. The molecule has 4 N–H and O–H groups in total. The third kappa shape index (κ3) is 1.60. The zero-order valence-electron chi connectivity index (χ0n) is 9.20. The molecule has 0 bridgehead atoms. The van der Waals surface area contributed by atoms with Crippen LogP contribution in [0.1, 0.15) is 19.4 Å². The van der Waals surface area contributed by atoms with E-state index in [9.17, 15) is 19.5 Å². The van der Waals surface area contributed by atoms with Crippen LogP contribution >= 0.6 is 0 Å². The third-order valence-electron chi connectivity index (χ3n) is 2.47. The summed E-state index contributed by atoms with van der Waals surface area (Å²) in [7, 11) is 0. The number of nitrogens with zero attached hydrogens (tertiary/aromatic N) is 1. The van der Waals surface area contributed by atoms with Gasteiger partial charge in [0.05, 0.1) is 5.56 Å². The number of amides is 1. The highest BCUT2D eigenvalue weighted by Crippen LogP contribution is 2.19. The molecule has 0 unspecified atom stereocenters. The summed E-state index contributed by atoms with van der Waals surface area (Å²) in [5.74, 6) is -1.35. The highest BCUT2D eigenvalue weighted by atomic mass is 16.3. The summed E-state index contributed by atoms with van der Waals surface area (Å²) in [4.78, 5) is 35.8. The molecule has 1 heterocycles. The topological polar surface area (TPSA) is 118 Å². The number of carbonyl (C=O) groups is 1. The van der Waals surface area contributed by atoms with E-state index in [-0.39, 0.29) is 5.56 Å². The van der Waals surface area contributed by atoms with Crippen LogP contribution < -0.4 is 17.0 Å². The molecule has 1 rings (SSSR count). The second kappa shape index (κ2) is 3.51. The van der Waals surface area contributed by atoms with Gasteiger partial charge in [-0.2, -0.15) is 0 Å². The minimum Gasteiger partial charge on any atom is -0.494 e. The number of primary amides is 1. The molecule has 0 aliphatic rings. The van der Waals surface area contributed by atoms with E-state index in [4.69, 9.17) is 5.73 Å². The first-order valence-corrected chi connectivity index (χ1v) is 4.55. The van der Waals surface area contributed by atoms with Gasteiger partial charge < -0.3 is 10.8 Å². The maximum atomic E-state index is 11.5. The maximum Gasteiger partial charge on any atom is 0.332 e. The monoisotopic (exact) mass is 227 g/mol. The summed E-state index contributed by atoms with van der Waals surface area (Å²) in [5.41, 5.74) is 2.09. The number of carbonyl (C=O) groups excluding carboxylic acids is 1. The molecule has 0 radical (unpaired) electrons. The Hall–Kier alpha value is -2.05. The number of aromatic hydroxyl groups is 1. The summed E-state index contributed by atoms with van der Waals surface area (Å²) in [6.45, 7) is 4.07. The van der Waals surface area contributed by atoms with E-state index in [1.54, 1.807) is 0 Å². The van der Waals surface area contributed by atoms with Gasteiger partial charge >= 0.3 is 5.69 Å². The molecule has 16 heavy (non-hydrogen) atoms. The van der Waals surface area contributed by atoms with Crippen molar-refractivity contribution >= 4 is 5.91 Å². The first-order valence-electron chi connectivity index (χ1n) is 4.55. The molecule has 0 atom stereocenters. The predicted molar refractivity (Wildman–Crippen MR) is 56.2 cm³/mol. The van der Waals surface area contributed by atoms with Crippen LogP contribution in [0, 0.1) is 6.92 Å². The van der Waals surface area contributed by atoms with Gasteiger partial charge in [-0.25, -0.2) is 9.36 Å². The molecule has 0 saturated carbocycles. The molecule has 1 amide bonds. The molecule has 0 spiro atoms. The summed E-state index contributed by atoms with van der Waals surface area (Å²) >= 11 is 0. The molecule has 7 heteroatoms. The minimum absolute atomic E-state index is 0.0473. The van der Waals surface area contributed by atoms with Gasteiger partial charge in [0, 0.05) is 0 Å². The predicted octanol–water partition coefficient (Wildman–Crippen LogP) is -1.23. The lowest BCUT2D eigenvalue weighted by molar-refractivity contribution is -0.125. The Kier molecular flexibility index (Phi) is 2.64. The number of hydrogen-bond donors (Lipinski definition) is 3. The average Bonchev–Trinajstić information content (AvgIpc) is 2.13. The SMILES string of the molecule is Cc1c(O)n(C(C)(C)C(N)=O)c(=O)[nH]c1=O. The molecule has 0 aliphatic carbocycles. The zero-order valence-corrected chi connectivity index (χ0v) is 9.20. The molecule has 0 aromatic carbocycles. The molecule has 0 saturated heterocycles. The Bertz CT molecular complexity index is 553. The van der Waals surface area contributed by atoms with Gasteiger partial charge in [-0.3, -0.25) is 14.6 Å². The van der Waals surface area contributed by atoms with E-state index >= 15 is 0 Å². The largest absolute Gasteiger partial charge is 0.494 e. The van der Waals surface area contributed by atoms with Crippen LogP contribution in [0.4, 0.5) is 0 Å². The van der Waals surface area contributed by atoms with Crippen LogP contribution in [0.2, 0.25) is 0 Å². The van der Waals surface area contributed by atoms with E-state index in [2.05, 4.69) is 0 Å². The Labute approximate surface area is 90.5 Å². The van der Waals surface area contributed by atoms with Gasteiger partial charge in [-0.15, -0.1) is 0 Å². The second-order valence-electron chi connectivity index (χ2n) is 3.97. The maximum absolute atomic E-state index is 11.5. The van der Waals surface area contributed by atoms with Crippen molar-refractivity contribution in [3.8, 4) is 5.88 Å². The summed E-state index contributed by atoms with van der Waals surface area (Å²) in [6, 6.07) is 0. The van der Waals surface area contributed by atoms with Gasteiger partial charge in [-0.05, 0) is 20.8 Å². The van der Waals surface area contributed by atoms with Crippen molar-refractivity contribution in [1.82, 2.24) is 9.55 Å². The van der Waals surface area contributed by atoms with Crippen LogP contribution in [0.5, 0.6) is 5.88 Å². The third-order valence-corrected chi connectivity index (χ3v) is 2.47. The summed E-state index contributed by atoms with van der Waals surface area (Å²) in [6.07, 6.45) is 0. The van der Waals surface area contributed by atoms with E-state index < -0.39 is 28.6 Å². The second-order valence-corrected chi connectivity index (χ2v) is 3.97. The molecular formula is C9H13N3O4. The van der Waals surface area contributed by atoms with Crippen LogP contribution in [0.25, 0.3) is 0 Å². The van der Waals surface area contributed by atoms with Gasteiger partial charge in [0.2, 0.25) is 11.8 Å². The smallest absolute Gasteiger partial charge is 0.332 e. The van der Waals surface area contributed by atoms with Crippen molar-refractivity contribution in [2.45, 2.75) is 26.3 Å². The highest BCUT2D eigenvalue weighted by Gasteiger charge is 2.31. The molecule has 1 aromatic heterocycles. The summed E-state index contributed by atoms with van der Waals surface area (Å²) < 4.78 is 0.756. The molecule has 88 valence electrons. The van der Waals surface area contributed by atoms with Crippen LogP contribution in [0.3, 0.4) is 0 Å². The van der Waals surface area contributed by atoms with Gasteiger partial charge in [0.25, 0.3) is 5.56 Å². The lowest BCUT2D eigenvalue weighted by atomic mass is 10.0. The Morgan fingerprint density at radius 3 is 2.38 bits per heavy atom. The summed E-state index contributed by atoms with van der Waals surface area (Å²) in [5, 5.41) is 9.68. The lowest BCUT2D eigenvalue weighted by Gasteiger charge is -2.24. The normalized spacial score (nSPS) is 11.4. The minimum atomic E-state index is -1.42. The van der Waals surface area contributed by atoms with Crippen molar-refractivity contribution in [3.63, 3.8) is 0 Å². The molecular weight excluding hydrogens is 214 g/mol. The number of nitrogens with two attached hydrogens (primary N) is 1. The standard InChI is InChI=1S/C9H13N3O4/c1-4-5(13)11-8(16)12(6(4)14)9(2,3)7(10)15/h14H,1-3H3,(H2,10,15)(H,11,13,16). The van der Waals surface area contributed by atoms with Gasteiger partial charge in [0.1, 0.15) is 5.54 Å². The molecule has 0 fully saturated rings. The number of aromatic nitrogens is 2. The van der Waals surface area contributed by atoms with Gasteiger partial charge in [-0.1, -0.05) is 0 Å².